The first-order chi connectivity index (χ1) is 16.2. The largest absolute Gasteiger partial charge is 0.319 e. The van der Waals surface area contributed by atoms with Gasteiger partial charge < -0.3 is 5.32 Å². The maximum atomic E-state index is 13.1. The topological polar surface area (TPSA) is 110 Å². The minimum Gasteiger partial charge on any atom is -0.319 e. The molecule has 1 aromatic carbocycles. The van der Waals surface area contributed by atoms with E-state index in [0.717, 1.165) is 0 Å². The lowest BCUT2D eigenvalue weighted by atomic mass is 10.2. The standard InChI is InChI=1S/C23H28N6O4S/c1-17-21(23(31)29(26(17)3)19-8-5-4-6-9-19)25-22(30)18(2)27-12-14-28(15-13-27)34(32,33)20-10-7-11-24-16-20/h4-11,16,18H,12-15H2,1-3H3,(H,25,30). The van der Waals surface area contributed by atoms with E-state index in [0.29, 0.717) is 24.5 Å². The molecular formula is C23H28N6O4S. The van der Waals surface area contributed by atoms with Crippen LogP contribution in [0.1, 0.15) is 12.6 Å². The average molecular weight is 485 g/mol. The molecule has 10 nitrogen and oxygen atoms in total. The smallest absolute Gasteiger partial charge is 0.295 e. The van der Waals surface area contributed by atoms with E-state index in [1.165, 1.54) is 27.4 Å². The van der Waals surface area contributed by atoms with Crippen LogP contribution in [0.3, 0.4) is 0 Å². The van der Waals surface area contributed by atoms with Gasteiger partial charge in [0.1, 0.15) is 10.6 Å². The van der Waals surface area contributed by atoms with Crippen LogP contribution in [0.4, 0.5) is 5.69 Å². The summed E-state index contributed by atoms with van der Waals surface area (Å²) in [5.41, 5.74) is 1.28. The zero-order valence-electron chi connectivity index (χ0n) is 19.4. The molecule has 11 heteroatoms. The van der Waals surface area contributed by atoms with Crippen molar-refractivity contribution >= 4 is 21.6 Å². The Morgan fingerprint density at radius 2 is 1.74 bits per heavy atom. The fourth-order valence-corrected chi connectivity index (χ4v) is 5.47. The zero-order chi connectivity index (χ0) is 24.5. The number of para-hydroxylation sites is 1. The lowest BCUT2D eigenvalue weighted by Crippen LogP contribution is -2.54. The fourth-order valence-electron chi connectivity index (χ4n) is 4.09. The molecule has 0 radical (unpaired) electrons. The molecule has 34 heavy (non-hydrogen) atoms. The Labute approximate surface area is 198 Å². The monoisotopic (exact) mass is 484 g/mol. The molecule has 1 aliphatic rings. The first-order valence-electron chi connectivity index (χ1n) is 11.0. The Kier molecular flexibility index (Phi) is 6.69. The number of nitrogens with zero attached hydrogens (tertiary/aromatic N) is 5. The van der Waals surface area contributed by atoms with E-state index in [1.54, 1.807) is 31.6 Å². The molecule has 1 saturated heterocycles. The number of nitrogens with one attached hydrogen (secondary N) is 1. The molecular weight excluding hydrogens is 456 g/mol. The highest BCUT2D eigenvalue weighted by molar-refractivity contribution is 7.89. The Morgan fingerprint density at radius 1 is 1.06 bits per heavy atom. The van der Waals surface area contributed by atoms with Gasteiger partial charge in [-0.1, -0.05) is 18.2 Å². The highest BCUT2D eigenvalue weighted by Gasteiger charge is 2.32. The number of hydrogen-bond donors (Lipinski definition) is 1. The van der Waals surface area contributed by atoms with Gasteiger partial charge in [0.15, 0.2) is 0 Å². The first kappa shape index (κ1) is 23.9. The SMILES string of the molecule is Cc1c(NC(=O)C(C)N2CCN(S(=O)(=O)c3cccnc3)CC2)c(=O)n(-c2ccccc2)n1C. The van der Waals surface area contributed by atoms with Crippen LogP contribution in [0.2, 0.25) is 0 Å². The summed E-state index contributed by atoms with van der Waals surface area (Å²) in [6.07, 6.45) is 2.86. The number of carbonyl (C=O) groups is 1. The number of hydrogen-bond acceptors (Lipinski definition) is 6. The summed E-state index contributed by atoms with van der Waals surface area (Å²) >= 11 is 0. The lowest BCUT2D eigenvalue weighted by molar-refractivity contribution is -0.121. The molecule has 1 N–H and O–H groups in total. The van der Waals surface area contributed by atoms with Crippen LogP contribution in [0, 0.1) is 6.92 Å². The number of amides is 1. The second kappa shape index (κ2) is 9.53. The molecule has 1 aliphatic heterocycles. The van der Waals surface area contributed by atoms with Crippen molar-refractivity contribution in [1.82, 2.24) is 23.6 Å². The number of sulfonamides is 1. The van der Waals surface area contributed by atoms with E-state index < -0.39 is 16.1 Å². The molecule has 180 valence electrons. The van der Waals surface area contributed by atoms with Gasteiger partial charge in [0.05, 0.1) is 17.4 Å². The molecule has 0 saturated carbocycles. The van der Waals surface area contributed by atoms with E-state index in [9.17, 15) is 18.0 Å². The first-order valence-corrected chi connectivity index (χ1v) is 12.4. The van der Waals surface area contributed by atoms with Crippen molar-refractivity contribution in [2.75, 3.05) is 31.5 Å². The van der Waals surface area contributed by atoms with Crippen LogP contribution in [0.15, 0.2) is 64.5 Å². The quantitative estimate of drug-likeness (QED) is 0.563. The van der Waals surface area contributed by atoms with Crippen molar-refractivity contribution in [3.8, 4) is 5.69 Å². The summed E-state index contributed by atoms with van der Waals surface area (Å²) in [7, 11) is -1.85. The Morgan fingerprint density at radius 3 is 2.35 bits per heavy atom. The molecule has 1 amide bonds. The minimum absolute atomic E-state index is 0.156. The number of rotatable bonds is 6. The lowest BCUT2D eigenvalue weighted by Gasteiger charge is -2.36. The Balaban J connectivity index is 1.44. The number of benzene rings is 1. The van der Waals surface area contributed by atoms with Crippen LogP contribution in [-0.2, 0) is 21.9 Å². The van der Waals surface area contributed by atoms with Gasteiger partial charge >= 0.3 is 0 Å². The third-order valence-corrected chi connectivity index (χ3v) is 8.16. The Hall–Kier alpha value is -3.28. The minimum atomic E-state index is -3.62. The number of anilines is 1. The molecule has 1 fully saturated rings. The molecule has 4 rings (SSSR count). The molecule has 3 aromatic rings. The van der Waals surface area contributed by atoms with Crippen LogP contribution in [-0.4, -0.2) is 70.1 Å². The molecule has 3 heterocycles. The molecule has 1 unspecified atom stereocenters. The summed E-state index contributed by atoms with van der Waals surface area (Å²) in [6, 6.07) is 11.8. The number of aromatic nitrogens is 3. The molecule has 2 aromatic heterocycles. The third kappa shape index (κ3) is 4.41. The van der Waals surface area contributed by atoms with Crippen molar-refractivity contribution in [3.05, 3.63) is 70.9 Å². The van der Waals surface area contributed by atoms with Gasteiger partial charge in [-0.3, -0.25) is 24.2 Å². The van der Waals surface area contributed by atoms with Crippen LogP contribution < -0.4 is 10.9 Å². The van der Waals surface area contributed by atoms with Crippen molar-refractivity contribution in [2.24, 2.45) is 7.05 Å². The van der Waals surface area contributed by atoms with Crippen LogP contribution in [0.5, 0.6) is 0 Å². The van der Waals surface area contributed by atoms with E-state index >= 15 is 0 Å². The maximum Gasteiger partial charge on any atom is 0.295 e. The van der Waals surface area contributed by atoms with Gasteiger partial charge in [0.2, 0.25) is 15.9 Å². The van der Waals surface area contributed by atoms with E-state index in [-0.39, 0.29) is 35.1 Å². The maximum absolute atomic E-state index is 13.1. The zero-order valence-corrected chi connectivity index (χ0v) is 20.2. The second-order valence-electron chi connectivity index (χ2n) is 8.23. The van der Waals surface area contributed by atoms with Gasteiger partial charge in [0.25, 0.3) is 5.56 Å². The highest BCUT2D eigenvalue weighted by atomic mass is 32.2. The van der Waals surface area contributed by atoms with Gasteiger partial charge in [-0.05, 0) is 38.1 Å². The van der Waals surface area contributed by atoms with Crippen molar-refractivity contribution < 1.29 is 13.2 Å². The molecule has 1 atom stereocenters. The fraction of sp³-hybridized carbons (Fsp3) is 0.348. The number of carbonyl (C=O) groups excluding carboxylic acids is 1. The number of piperazine rings is 1. The summed E-state index contributed by atoms with van der Waals surface area (Å²) < 4.78 is 30.3. The predicted molar refractivity (Wildman–Crippen MR) is 128 cm³/mol. The van der Waals surface area contributed by atoms with E-state index in [4.69, 9.17) is 0 Å². The highest BCUT2D eigenvalue weighted by Crippen LogP contribution is 2.19. The van der Waals surface area contributed by atoms with Gasteiger partial charge in [0, 0.05) is 45.6 Å². The van der Waals surface area contributed by atoms with E-state index in [1.807, 2.05) is 35.2 Å². The Bertz CT molecular complexity index is 1330. The van der Waals surface area contributed by atoms with Crippen molar-refractivity contribution in [3.63, 3.8) is 0 Å². The van der Waals surface area contributed by atoms with Gasteiger partial charge in [-0.2, -0.15) is 4.31 Å². The summed E-state index contributed by atoms with van der Waals surface area (Å²) in [5.74, 6) is -0.311. The average Bonchev–Trinajstić information content (AvgIpc) is 3.07. The summed E-state index contributed by atoms with van der Waals surface area (Å²) in [4.78, 5) is 32.1. The normalized spacial score (nSPS) is 16.3. The van der Waals surface area contributed by atoms with Crippen molar-refractivity contribution in [1.29, 1.82) is 0 Å². The summed E-state index contributed by atoms with van der Waals surface area (Å²) in [5, 5.41) is 2.80. The van der Waals surface area contributed by atoms with E-state index in [2.05, 4.69) is 10.3 Å². The van der Waals surface area contributed by atoms with Gasteiger partial charge in [-0.25, -0.2) is 13.1 Å². The van der Waals surface area contributed by atoms with Crippen LogP contribution in [0.25, 0.3) is 5.69 Å². The summed E-state index contributed by atoms with van der Waals surface area (Å²) in [6.45, 7) is 4.87. The molecule has 0 aliphatic carbocycles. The third-order valence-electron chi connectivity index (χ3n) is 6.27. The number of pyridine rings is 1. The second-order valence-corrected chi connectivity index (χ2v) is 10.2. The van der Waals surface area contributed by atoms with Gasteiger partial charge in [-0.15, -0.1) is 0 Å². The molecule has 0 bridgehead atoms. The molecule has 0 spiro atoms. The predicted octanol–water partition coefficient (Wildman–Crippen LogP) is 1.21. The van der Waals surface area contributed by atoms with Crippen LogP contribution >= 0.6 is 0 Å². The van der Waals surface area contributed by atoms with Crippen molar-refractivity contribution in [2.45, 2.75) is 24.8 Å².